The molecule has 0 radical (unpaired) electrons. The van der Waals surface area contributed by atoms with Crippen LogP contribution in [-0.2, 0) is 19.1 Å². The van der Waals surface area contributed by atoms with E-state index in [9.17, 15) is 14.4 Å². The lowest BCUT2D eigenvalue weighted by Crippen LogP contribution is -2.51. The molecule has 374 valence electrons. The molecule has 0 bridgehead atoms. The Balaban J connectivity index is 1.08. The smallest absolute Gasteiger partial charge is 0.306 e. The molecule has 3 saturated carbocycles. The number of unbranched alkanes of at least 4 members (excludes halogenated alkanes) is 12. The largest absolute Gasteiger partial charge is 0.462 e. The second-order valence-corrected chi connectivity index (χ2v) is 23.6. The Bertz CT molecular complexity index is 1450. The van der Waals surface area contributed by atoms with E-state index in [0.717, 1.165) is 144 Å². The molecule has 0 saturated heterocycles. The number of hydrogen-bond acceptors (Lipinski definition) is 7. The van der Waals surface area contributed by atoms with Gasteiger partial charge in [0.15, 0.2) is 0 Å². The van der Waals surface area contributed by atoms with Crippen LogP contribution < -0.4 is 0 Å². The standard InChI is InChI=1S/C57H100N2O5S/c1-9-10-11-12-13-20-25-42-63-53(60)29-21-16-14-18-23-39-59(55(62)65-43-41-58(7)8)40-24-19-15-17-22-30-54(61)64-48-35-37-56(5)47(44-48)31-32-49-51-34-33-50(46(4)28-26-27-45(2)3)57(51,6)38-36-52(49)56/h20,25,31,45-46,48-52H,9-19,21-24,26-30,32-44H2,1-8H3/t46-,48+,49+,50-,51+,52+,56+,57-/m1/s1. The normalized spacial score (nSPS) is 26.7. The third kappa shape index (κ3) is 18.6. The minimum atomic E-state index is -0.102. The van der Waals surface area contributed by atoms with Crippen LogP contribution in [0.1, 0.15) is 221 Å². The third-order valence-electron chi connectivity index (χ3n) is 16.9. The number of esters is 2. The number of fused-ring (bicyclic) bond motifs is 5. The van der Waals surface area contributed by atoms with Crippen LogP contribution in [0.25, 0.3) is 0 Å². The summed E-state index contributed by atoms with van der Waals surface area (Å²) >= 11 is 1.44. The maximum atomic E-state index is 13.2. The van der Waals surface area contributed by atoms with Gasteiger partial charge in [0.25, 0.3) is 5.24 Å². The van der Waals surface area contributed by atoms with Gasteiger partial charge in [-0.1, -0.05) is 154 Å². The quantitative estimate of drug-likeness (QED) is 0.0378. The summed E-state index contributed by atoms with van der Waals surface area (Å²) in [5.74, 6) is 5.76. The molecular formula is C57H100N2O5S. The first-order valence-corrected chi connectivity index (χ1v) is 28.5. The lowest BCUT2D eigenvalue weighted by atomic mass is 9.47. The van der Waals surface area contributed by atoms with Crippen molar-refractivity contribution in [2.45, 2.75) is 227 Å². The van der Waals surface area contributed by atoms with Gasteiger partial charge >= 0.3 is 11.9 Å². The molecule has 8 heteroatoms. The molecule has 3 fully saturated rings. The Hall–Kier alpha value is -1.80. The first-order valence-electron chi connectivity index (χ1n) is 27.5. The highest BCUT2D eigenvalue weighted by Gasteiger charge is 2.59. The monoisotopic (exact) mass is 925 g/mol. The Labute approximate surface area is 404 Å². The summed E-state index contributed by atoms with van der Waals surface area (Å²) in [6.45, 7) is 17.7. The topological polar surface area (TPSA) is 76.1 Å². The molecule has 4 aliphatic rings. The minimum absolute atomic E-state index is 0.0106. The summed E-state index contributed by atoms with van der Waals surface area (Å²) in [6, 6.07) is 0. The lowest BCUT2D eigenvalue weighted by molar-refractivity contribution is -0.151. The fourth-order valence-electron chi connectivity index (χ4n) is 13.0. The van der Waals surface area contributed by atoms with E-state index in [1.165, 1.54) is 95.2 Å². The van der Waals surface area contributed by atoms with Gasteiger partial charge in [-0.05, 0) is 144 Å². The van der Waals surface area contributed by atoms with Gasteiger partial charge in [-0.25, -0.2) is 0 Å². The summed E-state index contributed by atoms with van der Waals surface area (Å²) in [5, 5.41) is 0.195. The van der Waals surface area contributed by atoms with Crippen LogP contribution in [0, 0.1) is 46.3 Å². The predicted molar refractivity (Wildman–Crippen MR) is 275 cm³/mol. The SMILES string of the molecule is CCCCCCC=CCOC(=O)CCCCCCCN(CCCCCCCC(=O)O[C@H]1CC[C@@]2(C)C(=CC[C@H]3[C@@H]4CC[C@H]([C@H](C)CCCC(C)C)[C@@]4(C)CC[C@@H]32)C1)C(=O)SCCN(C)C. The van der Waals surface area contributed by atoms with Crippen molar-refractivity contribution in [2.75, 3.05) is 46.1 Å². The van der Waals surface area contributed by atoms with Gasteiger partial charge in [0, 0.05) is 44.6 Å². The molecule has 0 aromatic rings. The molecule has 0 N–H and O–H groups in total. The van der Waals surface area contributed by atoms with Crippen molar-refractivity contribution in [2.24, 2.45) is 46.3 Å². The van der Waals surface area contributed by atoms with E-state index in [2.05, 4.69) is 63.5 Å². The number of carbonyl (C=O) groups is 3. The second kappa shape index (κ2) is 29.9. The minimum Gasteiger partial charge on any atom is -0.462 e. The van der Waals surface area contributed by atoms with Gasteiger partial charge in [-0.15, -0.1) is 0 Å². The zero-order chi connectivity index (χ0) is 47.1. The molecule has 1 amide bonds. The Kier molecular flexibility index (Phi) is 25.7. The van der Waals surface area contributed by atoms with Crippen LogP contribution >= 0.6 is 11.8 Å². The zero-order valence-electron chi connectivity index (χ0n) is 43.5. The first-order chi connectivity index (χ1) is 31.3. The average Bonchev–Trinajstić information content (AvgIpc) is 3.63. The van der Waals surface area contributed by atoms with E-state index in [0.29, 0.717) is 24.9 Å². The van der Waals surface area contributed by atoms with Gasteiger partial charge in [-0.3, -0.25) is 14.4 Å². The van der Waals surface area contributed by atoms with Gasteiger partial charge in [-0.2, -0.15) is 0 Å². The summed E-state index contributed by atoms with van der Waals surface area (Å²) < 4.78 is 11.6. The maximum absolute atomic E-state index is 13.2. The molecule has 0 unspecified atom stereocenters. The maximum Gasteiger partial charge on any atom is 0.306 e. The highest BCUT2D eigenvalue weighted by molar-refractivity contribution is 8.13. The van der Waals surface area contributed by atoms with Crippen molar-refractivity contribution in [3.05, 3.63) is 23.8 Å². The van der Waals surface area contributed by atoms with E-state index in [1.54, 1.807) is 5.57 Å². The number of amides is 1. The van der Waals surface area contributed by atoms with Crippen LogP contribution in [0.2, 0.25) is 0 Å². The molecule has 7 nitrogen and oxygen atoms in total. The van der Waals surface area contributed by atoms with Crippen LogP contribution in [0.3, 0.4) is 0 Å². The van der Waals surface area contributed by atoms with Gasteiger partial charge < -0.3 is 19.3 Å². The second-order valence-electron chi connectivity index (χ2n) is 22.6. The first kappa shape index (κ1) is 55.8. The molecule has 4 rings (SSSR count). The molecule has 65 heavy (non-hydrogen) atoms. The predicted octanol–water partition coefficient (Wildman–Crippen LogP) is 15.4. The average molecular weight is 926 g/mol. The third-order valence-corrected chi connectivity index (χ3v) is 17.8. The van der Waals surface area contributed by atoms with Crippen molar-refractivity contribution < 1.29 is 23.9 Å². The van der Waals surface area contributed by atoms with E-state index >= 15 is 0 Å². The van der Waals surface area contributed by atoms with Gasteiger partial charge in [0.1, 0.15) is 12.7 Å². The van der Waals surface area contributed by atoms with Crippen molar-refractivity contribution in [3.63, 3.8) is 0 Å². The van der Waals surface area contributed by atoms with Crippen LogP contribution in [-0.4, -0.2) is 79.2 Å². The van der Waals surface area contributed by atoms with E-state index < -0.39 is 0 Å². The van der Waals surface area contributed by atoms with Crippen LogP contribution in [0.4, 0.5) is 4.79 Å². The van der Waals surface area contributed by atoms with Crippen LogP contribution in [0.15, 0.2) is 23.8 Å². The molecule has 0 aromatic heterocycles. The Morgan fingerprint density at radius 2 is 1.43 bits per heavy atom. The summed E-state index contributed by atoms with van der Waals surface area (Å²) in [5.41, 5.74) is 2.40. The zero-order valence-corrected chi connectivity index (χ0v) is 44.3. The molecular weight excluding hydrogens is 825 g/mol. The number of rotatable bonds is 32. The van der Waals surface area contributed by atoms with Crippen molar-refractivity contribution in [1.82, 2.24) is 9.80 Å². The molecule has 4 aliphatic carbocycles. The number of carbonyl (C=O) groups excluding carboxylic acids is 3. The van der Waals surface area contributed by atoms with E-state index in [1.807, 2.05) is 20.2 Å². The summed E-state index contributed by atoms with van der Waals surface area (Å²) in [4.78, 5) is 42.6. The highest BCUT2D eigenvalue weighted by atomic mass is 32.2. The number of nitrogens with zero attached hydrogens (tertiary/aromatic N) is 2. The fraction of sp³-hybridized carbons (Fsp3) is 0.877. The number of hydrogen-bond donors (Lipinski definition) is 0. The van der Waals surface area contributed by atoms with Gasteiger partial charge in [0.2, 0.25) is 0 Å². The van der Waals surface area contributed by atoms with Crippen molar-refractivity contribution >= 4 is 28.9 Å². The van der Waals surface area contributed by atoms with Crippen LogP contribution in [0.5, 0.6) is 0 Å². The molecule has 0 aliphatic heterocycles. The Morgan fingerprint density at radius 1 is 0.754 bits per heavy atom. The number of ether oxygens (including phenoxy) is 2. The fourth-order valence-corrected chi connectivity index (χ4v) is 14.0. The van der Waals surface area contributed by atoms with Crippen molar-refractivity contribution in [3.8, 4) is 0 Å². The summed E-state index contributed by atoms with van der Waals surface area (Å²) in [7, 11) is 4.10. The van der Waals surface area contributed by atoms with Gasteiger partial charge in [0.05, 0.1) is 0 Å². The molecule has 0 aromatic carbocycles. The van der Waals surface area contributed by atoms with E-state index in [4.69, 9.17) is 9.47 Å². The molecule has 0 spiro atoms. The Morgan fingerprint density at radius 3 is 2.12 bits per heavy atom. The summed E-state index contributed by atoms with van der Waals surface area (Å²) in [6.07, 6.45) is 38.1. The molecule has 8 atom stereocenters. The van der Waals surface area contributed by atoms with E-state index in [-0.39, 0.29) is 28.7 Å². The van der Waals surface area contributed by atoms with Crippen molar-refractivity contribution in [1.29, 1.82) is 0 Å². The lowest BCUT2D eigenvalue weighted by Gasteiger charge is -2.58. The highest BCUT2D eigenvalue weighted by Crippen LogP contribution is 2.67. The number of allylic oxidation sites excluding steroid dienone is 2. The number of thioether (sulfide) groups is 1. The molecule has 0 heterocycles.